The maximum absolute atomic E-state index is 11.9. The lowest BCUT2D eigenvalue weighted by Crippen LogP contribution is -2.11. The van der Waals surface area contributed by atoms with Crippen LogP contribution in [0, 0.1) is 5.92 Å². The Balaban J connectivity index is 1.95. The highest BCUT2D eigenvalue weighted by Gasteiger charge is 2.44. The van der Waals surface area contributed by atoms with Gasteiger partial charge >= 0.3 is 0 Å². The molecule has 0 radical (unpaired) electrons. The lowest BCUT2D eigenvalue weighted by molar-refractivity contribution is 0.0953. The highest BCUT2D eigenvalue weighted by atomic mass is 16.6. The Morgan fingerprint density at radius 2 is 2.00 bits per heavy atom. The van der Waals surface area contributed by atoms with Gasteiger partial charge in [0.05, 0.1) is 6.10 Å². The second kappa shape index (κ2) is 4.15. The van der Waals surface area contributed by atoms with E-state index in [1.807, 2.05) is 30.3 Å². The van der Waals surface area contributed by atoms with Crippen molar-refractivity contribution in [2.45, 2.75) is 32.5 Å². The summed E-state index contributed by atoms with van der Waals surface area (Å²) in [5, 5.41) is 0. The van der Waals surface area contributed by atoms with Crippen LogP contribution in [0.2, 0.25) is 0 Å². The second-order valence-corrected chi connectivity index (χ2v) is 4.45. The molecule has 1 aromatic carbocycles. The topological polar surface area (TPSA) is 29.6 Å². The van der Waals surface area contributed by atoms with Crippen molar-refractivity contribution < 1.29 is 9.53 Å². The Labute approximate surface area is 90.3 Å². The summed E-state index contributed by atoms with van der Waals surface area (Å²) < 4.78 is 5.39. The Morgan fingerprint density at radius 1 is 1.33 bits per heavy atom. The van der Waals surface area contributed by atoms with Crippen LogP contribution in [0.15, 0.2) is 30.3 Å². The van der Waals surface area contributed by atoms with Crippen LogP contribution >= 0.6 is 0 Å². The van der Waals surface area contributed by atoms with Crippen molar-refractivity contribution in [1.82, 2.24) is 0 Å². The molecule has 0 N–H and O–H groups in total. The van der Waals surface area contributed by atoms with Crippen molar-refractivity contribution in [3.05, 3.63) is 35.9 Å². The van der Waals surface area contributed by atoms with E-state index in [9.17, 15) is 4.79 Å². The lowest BCUT2D eigenvalue weighted by atomic mass is 10.0. The van der Waals surface area contributed by atoms with Gasteiger partial charge in [0, 0.05) is 5.56 Å². The summed E-state index contributed by atoms with van der Waals surface area (Å²) in [7, 11) is 0. The number of carbonyl (C=O) groups is 1. The zero-order valence-electron chi connectivity index (χ0n) is 9.14. The van der Waals surface area contributed by atoms with Crippen LogP contribution < -0.4 is 0 Å². The van der Waals surface area contributed by atoms with Gasteiger partial charge in [-0.1, -0.05) is 44.2 Å². The minimum absolute atomic E-state index is 0.126. The quantitative estimate of drug-likeness (QED) is 0.557. The summed E-state index contributed by atoms with van der Waals surface area (Å²) in [6.07, 6.45) is 0.941. The Bertz CT molecular complexity index is 343. The standard InChI is InChI=1S/C13H16O2/c1-9(2)8-11-13(15-11)12(14)10-6-4-3-5-7-10/h3-7,9,11,13H,8H2,1-2H3/t11-,13-/m1/s1. The summed E-state index contributed by atoms with van der Waals surface area (Å²) in [5.74, 6) is 0.713. The van der Waals surface area contributed by atoms with Crippen LogP contribution in [0.1, 0.15) is 30.6 Å². The molecule has 2 atom stereocenters. The molecular weight excluding hydrogens is 188 g/mol. The second-order valence-electron chi connectivity index (χ2n) is 4.45. The third-order valence-corrected chi connectivity index (χ3v) is 2.60. The summed E-state index contributed by atoms with van der Waals surface area (Å²) in [4.78, 5) is 11.9. The maximum Gasteiger partial charge on any atom is 0.194 e. The summed E-state index contributed by atoms with van der Waals surface area (Å²) in [6.45, 7) is 4.29. The van der Waals surface area contributed by atoms with Crippen molar-refractivity contribution in [3.8, 4) is 0 Å². The molecule has 1 aliphatic heterocycles. The molecule has 2 rings (SSSR count). The van der Waals surface area contributed by atoms with Crippen LogP contribution in [0.4, 0.5) is 0 Å². The lowest BCUT2D eigenvalue weighted by Gasteiger charge is -1.99. The van der Waals surface area contributed by atoms with E-state index in [4.69, 9.17) is 4.74 Å². The molecule has 2 nitrogen and oxygen atoms in total. The first-order valence-corrected chi connectivity index (χ1v) is 5.43. The molecular formula is C13H16O2. The van der Waals surface area contributed by atoms with E-state index in [1.165, 1.54) is 0 Å². The van der Waals surface area contributed by atoms with E-state index in [0.29, 0.717) is 5.92 Å². The van der Waals surface area contributed by atoms with Crippen molar-refractivity contribution in [2.75, 3.05) is 0 Å². The van der Waals surface area contributed by atoms with Gasteiger partial charge in [0.2, 0.25) is 0 Å². The third-order valence-electron chi connectivity index (χ3n) is 2.60. The number of rotatable bonds is 4. The normalized spacial score (nSPS) is 24.2. The van der Waals surface area contributed by atoms with Gasteiger partial charge in [-0.05, 0) is 12.3 Å². The number of Topliss-reactive ketones (excluding diaryl/α,β-unsaturated/α-hetero) is 1. The fraction of sp³-hybridized carbons (Fsp3) is 0.462. The number of carbonyl (C=O) groups excluding carboxylic acids is 1. The molecule has 0 aromatic heterocycles. The Hall–Kier alpha value is -1.15. The first kappa shape index (κ1) is 10.4. The van der Waals surface area contributed by atoms with Gasteiger partial charge in [-0.25, -0.2) is 0 Å². The first-order chi connectivity index (χ1) is 7.18. The smallest absolute Gasteiger partial charge is 0.194 e. The van der Waals surface area contributed by atoms with Gasteiger partial charge in [-0.15, -0.1) is 0 Å². The fourth-order valence-electron chi connectivity index (χ4n) is 1.78. The van der Waals surface area contributed by atoms with Gasteiger partial charge in [-0.2, -0.15) is 0 Å². The molecule has 0 aliphatic carbocycles. The summed E-state index contributed by atoms with van der Waals surface area (Å²) >= 11 is 0. The number of hydrogen-bond acceptors (Lipinski definition) is 2. The number of epoxide rings is 1. The molecule has 1 heterocycles. The zero-order valence-corrected chi connectivity index (χ0v) is 9.14. The number of ketones is 1. The molecule has 0 unspecified atom stereocenters. The molecule has 0 bridgehead atoms. The molecule has 1 aliphatic rings. The Morgan fingerprint density at radius 3 is 2.60 bits per heavy atom. The van der Waals surface area contributed by atoms with Crippen molar-refractivity contribution in [1.29, 1.82) is 0 Å². The number of ether oxygens (including phenoxy) is 1. The third kappa shape index (κ3) is 2.45. The van der Waals surface area contributed by atoms with Gasteiger partial charge in [0.1, 0.15) is 6.10 Å². The van der Waals surface area contributed by atoms with Gasteiger partial charge < -0.3 is 4.74 Å². The molecule has 0 saturated carbocycles. The maximum atomic E-state index is 11.9. The predicted octanol–water partition coefficient (Wildman–Crippen LogP) is 2.68. The van der Waals surface area contributed by atoms with Crippen LogP contribution in [-0.2, 0) is 4.74 Å². The molecule has 1 saturated heterocycles. The van der Waals surface area contributed by atoms with Crippen molar-refractivity contribution in [2.24, 2.45) is 5.92 Å². The number of hydrogen-bond donors (Lipinski definition) is 0. The van der Waals surface area contributed by atoms with E-state index < -0.39 is 0 Å². The van der Waals surface area contributed by atoms with Crippen molar-refractivity contribution in [3.63, 3.8) is 0 Å². The number of benzene rings is 1. The first-order valence-electron chi connectivity index (χ1n) is 5.43. The minimum Gasteiger partial charge on any atom is -0.361 e. The molecule has 1 fully saturated rings. The fourth-order valence-corrected chi connectivity index (χ4v) is 1.78. The zero-order chi connectivity index (χ0) is 10.8. The van der Waals surface area contributed by atoms with E-state index in [2.05, 4.69) is 13.8 Å². The van der Waals surface area contributed by atoms with Crippen LogP contribution in [0.3, 0.4) is 0 Å². The highest BCUT2D eigenvalue weighted by Crippen LogP contribution is 2.31. The van der Waals surface area contributed by atoms with Gasteiger partial charge in [-0.3, -0.25) is 4.79 Å². The molecule has 2 heteroatoms. The van der Waals surface area contributed by atoms with E-state index in [-0.39, 0.29) is 18.0 Å². The van der Waals surface area contributed by atoms with Gasteiger partial charge in [0.25, 0.3) is 0 Å². The van der Waals surface area contributed by atoms with Crippen LogP contribution in [0.25, 0.3) is 0 Å². The molecule has 0 amide bonds. The molecule has 80 valence electrons. The SMILES string of the molecule is CC(C)C[C@H]1O[C@H]1C(=O)c1ccccc1. The highest BCUT2D eigenvalue weighted by molar-refractivity contribution is 6.01. The monoisotopic (exact) mass is 204 g/mol. The molecule has 0 spiro atoms. The van der Waals surface area contributed by atoms with Crippen LogP contribution in [-0.4, -0.2) is 18.0 Å². The molecule has 1 aromatic rings. The van der Waals surface area contributed by atoms with E-state index in [0.717, 1.165) is 12.0 Å². The summed E-state index contributed by atoms with van der Waals surface area (Å²) in [6, 6.07) is 9.36. The van der Waals surface area contributed by atoms with Crippen LogP contribution in [0.5, 0.6) is 0 Å². The molecule has 15 heavy (non-hydrogen) atoms. The van der Waals surface area contributed by atoms with E-state index >= 15 is 0 Å². The predicted molar refractivity (Wildman–Crippen MR) is 58.9 cm³/mol. The van der Waals surface area contributed by atoms with Crippen molar-refractivity contribution >= 4 is 5.78 Å². The summed E-state index contributed by atoms with van der Waals surface area (Å²) in [5.41, 5.74) is 0.758. The average molecular weight is 204 g/mol. The van der Waals surface area contributed by atoms with Gasteiger partial charge in [0.15, 0.2) is 5.78 Å². The largest absolute Gasteiger partial charge is 0.361 e. The Kier molecular flexibility index (Phi) is 2.87. The van der Waals surface area contributed by atoms with E-state index in [1.54, 1.807) is 0 Å². The average Bonchev–Trinajstić information content (AvgIpc) is 2.96. The minimum atomic E-state index is -0.185.